The summed E-state index contributed by atoms with van der Waals surface area (Å²) in [5.41, 5.74) is 2.39. The van der Waals surface area contributed by atoms with Gasteiger partial charge in [0.1, 0.15) is 0 Å². The van der Waals surface area contributed by atoms with Crippen LogP contribution < -0.4 is 5.32 Å². The van der Waals surface area contributed by atoms with Crippen molar-refractivity contribution in [2.45, 2.75) is 18.4 Å². The monoisotopic (exact) mass is 340 g/mol. The number of carbonyl (C=O) groups excluding carboxylic acids is 1. The molecule has 0 aliphatic rings. The summed E-state index contributed by atoms with van der Waals surface area (Å²) >= 11 is 1.60. The third kappa shape index (κ3) is 3.62. The predicted molar refractivity (Wildman–Crippen MR) is 91.7 cm³/mol. The van der Waals surface area contributed by atoms with Crippen LogP contribution in [-0.2, 0) is 6.54 Å². The van der Waals surface area contributed by atoms with Crippen LogP contribution in [-0.4, -0.2) is 27.3 Å². The van der Waals surface area contributed by atoms with Crippen molar-refractivity contribution >= 4 is 17.7 Å². The molecule has 24 heavy (non-hydrogen) atoms. The highest BCUT2D eigenvalue weighted by Gasteiger charge is 2.13. The van der Waals surface area contributed by atoms with Crippen LogP contribution in [0.1, 0.15) is 21.8 Å². The van der Waals surface area contributed by atoms with E-state index < -0.39 is 0 Å². The van der Waals surface area contributed by atoms with E-state index in [0.29, 0.717) is 17.3 Å². The second-order valence-electron chi connectivity index (χ2n) is 5.11. The number of thioether (sulfide) groups is 1. The standard InChI is InChI=1S/C17H16N4O2S/c1-11-3-4-13(24-2)9-14(11)17(22)19-10-15-20-16(21-23-15)12-5-7-18-8-6-12/h3-9H,10H2,1-2H3,(H,19,22). The van der Waals surface area contributed by atoms with Gasteiger partial charge in [0.2, 0.25) is 11.7 Å². The Balaban J connectivity index is 1.68. The van der Waals surface area contributed by atoms with Gasteiger partial charge in [0, 0.05) is 28.4 Å². The fourth-order valence-electron chi connectivity index (χ4n) is 2.17. The Morgan fingerprint density at radius 3 is 2.79 bits per heavy atom. The number of aromatic nitrogens is 3. The SMILES string of the molecule is CSc1ccc(C)c(C(=O)NCc2nc(-c3ccncc3)no2)c1. The highest BCUT2D eigenvalue weighted by atomic mass is 32.2. The summed E-state index contributed by atoms with van der Waals surface area (Å²) in [4.78, 5) is 21.6. The highest BCUT2D eigenvalue weighted by Crippen LogP contribution is 2.19. The molecule has 0 aliphatic heterocycles. The number of aryl methyl sites for hydroxylation is 1. The lowest BCUT2D eigenvalue weighted by Crippen LogP contribution is -2.23. The molecular formula is C17H16N4O2S. The average molecular weight is 340 g/mol. The lowest BCUT2D eigenvalue weighted by Gasteiger charge is -2.07. The molecule has 0 saturated heterocycles. The van der Waals surface area contributed by atoms with Gasteiger partial charge in [-0.1, -0.05) is 11.2 Å². The van der Waals surface area contributed by atoms with Gasteiger partial charge in [-0.05, 0) is 43.0 Å². The maximum absolute atomic E-state index is 12.4. The van der Waals surface area contributed by atoms with Crippen molar-refractivity contribution in [3.63, 3.8) is 0 Å². The topological polar surface area (TPSA) is 80.9 Å². The van der Waals surface area contributed by atoms with Crippen molar-refractivity contribution in [2.75, 3.05) is 6.26 Å². The molecule has 0 atom stereocenters. The molecule has 0 fully saturated rings. The van der Waals surface area contributed by atoms with Crippen LogP contribution >= 0.6 is 11.8 Å². The molecular weight excluding hydrogens is 324 g/mol. The molecule has 1 aromatic carbocycles. The fourth-order valence-corrected chi connectivity index (χ4v) is 2.61. The van der Waals surface area contributed by atoms with Crippen molar-refractivity contribution in [2.24, 2.45) is 0 Å². The van der Waals surface area contributed by atoms with Crippen molar-refractivity contribution in [3.8, 4) is 11.4 Å². The van der Waals surface area contributed by atoms with E-state index in [2.05, 4.69) is 20.4 Å². The van der Waals surface area contributed by atoms with Crippen LogP contribution in [0.2, 0.25) is 0 Å². The van der Waals surface area contributed by atoms with Gasteiger partial charge in [-0.2, -0.15) is 4.98 Å². The number of nitrogens with zero attached hydrogens (tertiary/aromatic N) is 3. The molecule has 0 aliphatic carbocycles. The highest BCUT2D eigenvalue weighted by molar-refractivity contribution is 7.98. The molecule has 122 valence electrons. The molecule has 1 amide bonds. The summed E-state index contributed by atoms with van der Waals surface area (Å²) in [5, 5.41) is 6.73. The number of nitrogens with one attached hydrogen (secondary N) is 1. The normalized spacial score (nSPS) is 10.6. The Bertz CT molecular complexity index is 849. The van der Waals surface area contributed by atoms with E-state index in [1.807, 2.05) is 31.4 Å². The Labute approximate surface area is 143 Å². The first kappa shape index (κ1) is 16.2. The molecule has 0 spiro atoms. The first-order valence-corrected chi connectivity index (χ1v) is 8.55. The summed E-state index contributed by atoms with van der Waals surface area (Å²) < 4.78 is 5.18. The molecule has 0 unspecified atom stereocenters. The molecule has 3 aromatic rings. The minimum atomic E-state index is -0.160. The number of pyridine rings is 1. The lowest BCUT2D eigenvalue weighted by molar-refractivity contribution is 0.0945. The zero-order chi connectivity index (χ0) is 16.9. The molecule has 0 bridgehead atoms. The van der Waals surface area contributed by atoms with Crippen LogP contribution in [0.25, 0.3) is 11.4 Å². The quantitative estimate of drug-likeness (QED) is 0.719. The summed E-state index contributed by atoms with van der Waals surface area (Å²) in [6.45, 7) is 2.09. The number of amides is 1. The number of benzene rings is 1. The lowest BCUT2D eigenvalue weighted by atomic mass is 10.1. The molecule has 2 heterocycles. The molecule has 3 rings (SSSR count). The van der Waals surface area contributed by atoms with E-state index in [-0.39, 0.29) is 12.5 Å². The first-order chi connectivity index (χ1) is 11.7. The van der Waals surface area contributed by atoms with Crippen molar-refractivity contribution in [1.29, 1.82) is 0 Å². The van der Waals surface area contributed by atoms with E-state index in [1.54, 1.807) is 36.3 Å². The van der Waals surface area contributed by atoms with E-state index in [4.69, 9.17) is 4.52 Å². The zero-order valence-corrected chi connectivity index (χ0v) is 14.1. The van der Waals surface area contributed by atoms with Gasteiger partial charge < -0.3 is 9.84 Å². The van der Waals surface area contributed by atoms with Crippen molar-refractivity contribution in [3.05, 3.63) is 59.7 Å². The number of hydrogen-bond acceptors (Lipinski definition) is 6. The molecule has 2 aromatic heterocycles. The van der Waals surface area contributed by atoms with Gasteiger partial charge in [-0.25, -0.2) is 0 Å². The summed E-state index contributed by atoms with van der Waals surface area (Å²) in [6, 6.07) is 9.41. The maximum Gasteiger partial charge on any atom is 0.252 e. The van der Waals surface area contributed by atoms with Gasteiger partial charge >= 0.3 is 0 Å². The summed E-state index contributed by atoms with van der Waals surface area (Å²) in [6.07, 6.45) is 5.30. The molecule has 0 radical (unpaired) electrons. The van der Waals surface area contributed by atoms with Gasteiger partial charge in [0.25, 0.3) is 5.91 Å². The summed E-state index contributed by atoms with van der Waals surface area (Å²) in [7, 11) is 0. The van der Waals surface area contributed by atoms with E-state index in [9.17, 15) is 4.79 Å². The number of hydrogen-bond donors (Lipinski definition) is 1. The minimum Gasteiger partial charge on any atom is -0.343 e. The van der Waals surface area contributed by atoms with E-state index >= 15 is 0 Å². The van der Waals surface area contributed by atoms with Gasteiger partial charge in [0.15, 0.2) is 0 Å². The van der Waals surface area contributed by atoms with Crippen LogP contribution in [0.5, 0.6) is 0 Å². The zero-order valence-electron chi connectivity index (χ0n) is 13.3. The molecule has 6 nitrogen and oxygen atoms in total. The maximum atomic E-state index is 12.4. The largest absolute Gasteiger partial charge is 0.343 e. The van der Waals surface area contributed by atoms with Crippen LogP contribution in [0, 0.1) is 6.92 Å². The number of carbonyl (C=O) groups is 1. The Morgan fingerprint density at radius 1 is 1.25 bits per heavy atom. The average Bonchev–Trinajstić information content (AvgIpc) is 3.10. The Hall–Kier alpha value is -2.67. The third-order valence-electron chi connectivity index (χ3n) is 3.50. The third-order valence-corrected chi connectivity index (χ3v) is 4.22. The Morgan fingerprint density at radius 2 is 2.04 bits per heavy atom. The van der Waals surface area contributed by atoms with Crippen molar-refractivity contribution in [1.82, 2.24) is 20.4 Å². The van der Waals surface area contributed by atoms with Gasteiger partial charge in [0.05, 0.1) is 6.54 Å². The molecule has 1 N–H and O–H groups in total. The fraction of sp³-hybridized carbons (Fsp3) is 0.176. The molecule has 7 heteroatoms. The summed E-state index contributed by atoms with van der Waals surface area (Å²) in [5.74, 6) is 0.670. The smallest absolute Gasteiger partial charge is 0.252 e. The van der Waals surface area contributed by atoms with Crippen LogP contribution in [0.15, 0.2) is 52.1 Å². The molecule has 0 saturated carbocycles. The first-order valence-electron chi connectivity index (χ1n) is 7.33. The van der Waals surface area contributed by atoms with E-state index in [1.165, 1.54) is 0 Å². The minimum absolute atomic E-state index is 0.160. The number of rotatable bonds is 5. The van der Waals surface area contributed by atoms with Crippen molar-refractivity contribution < 1.29 is 9.32 Å². The van der Waals surface area contributed by atoms with Crippen LogP contribution in [0.3, 0.4) is 0 Å². The van der Waals surface area contributed by atoms with Crippen LogP contribution in [0.4, 0.5) is 0 Å². The van der Waals surface area contributed by atoms with Gasteiger partial charge in [-0.15, -0.1) is 11.8 Å². The predicted octanol–water partition coefficient (Wildman–Crippen LogP) is 3.09. The second kappa shape index (κ2) is 7.27. The van der Waals surface area contributed by atoms with Gasteiger partial charge in [-0.3, -0.25) is 9.78 Å². The Kier molecular flexibility index (Phi) is 4.90. The van der Waals surface area contributed by atoms with E-state index in [0.717, 1.165) is 16.0 Å². The second-order valence-corrected chi connectivity index (χ2v) is 5.99.